The second kappa shape index (κ2) is 9.51. The zero-order valence-corrected chi connectivity index (χ0v) is 16.6. The maximum atomic E-state index is 12.6. The van der Waals surface area contributed by atoms with Gasteiger partial charge in [0, 0.05) is 12.0 Å². The molecule has 0 aliphatic carbocycles. The van der Waals surface area contributed by atoms with Gasteiger partial charge in [0.1, 0.15) is 0 Å². The van der Waals surface area contributed by atoms with Crippen molar-refractivity contribution in [1.82, 2.24) is 0 Å². The summed E-state index contributed by atoms with van der Waals surface area (Å²) in [5.41, 5.74) is 1.71. The number of benzene rings is 1. The van der Waals surface area contributed by atoms with E-state index < -0.39 is 23.8 Å². The van der Waals surface area contributed by atoms with Crippen molar-refractivity contribution in [3.8, 4) is 0 Å². The number of ether oxygens (including phenoxy) is 2. The fourth-order valence-corrected chi connectivity index (χ4v) is 2.71. The lowest BCUT2D eigenvalue weighted by Crippen LogP contribution is -2.34. The highest BCUT2D eigenvalue weighted by atomic mass is 16.6. The maximum Gasteiger partial charge on any atom is 0.320 e. The Hall–Kier alpha value is -2.17. The highest BCUT2D eigenvalue weighted by Gasteiger charge is 2.36. The Morgan fingerprint density at radius 1 is 0.923 bits per heavy atom. The van der Waals surface area contributed by atoms with Crippen LogP contribution in [0, 0.1) is 11.8 Å². The van der Waals surface area contributed by atoms with E-state index in [9.17, 15) is 14.4 Å². The summed E-state index contributed by atoms with van der Waals surface area (Å²) >= 11 is 0. The fourth-order valence-electron chi connectivity index (χ4n) is 2.71. The van der Waals surface area contributed by atoms with Gasteiger partial charge >= 0.3 is 11.9 Å². The number of hydrogen-bond donors (Lipinski definition) is 0. The molecule has 0 heterocycles. The van der Waals surface area contributed by atoms with Gasteiger partial charge in [-0.1, -0.05) is 52.0 Å². The van der Waals surface area contributed by atoms with Crippen molar-refractivity contribution >= 4 is 17.7 Å². The second-order valence-corrected chi connectivity index (χ2v) is 7.41. The Bertz CT molecular complexity index is 607. The molecule has 0 aliphatic heterocycles. The van der Waals surface area contributed by atoms with Crippen LogP contribution >= 0.6 is 0 Å². The van der Waals surface area contributed by atoms with Crippen molar-refractivity contribution in [3.63, 3.8) is 0 Å². The van der Waals surface area contributed by atoms with Crippen molar-refractivity contribution < 1.29 is 23.9 Å². The Labute approximate surface area is 156 Å². The zero-order valence-electron chi connectivity index (χ0n) is 16.6. The van der Waals surface area contributed by atoms with E-state index in [2.05, 4.69) is 20.8 Å². The Balaban J connectivity index is 2.90. The normalized spacial score (nSPS) is 12.6. The van der Waals surface area contributed by atoms with E-state index in [1.165, 1.54) is 0 Å². The lowest BCUT2D eigenvalue weighted by atomic mass is 9.85. The van der Waals surface area contributed by atoms with Gasteiger partial charge in [0.2, 0.25) is 0 Å². The van der Waals surface area contributed by atoms with Crippen LogP contribution in [0.25, 0.3) is 0 Å². The summed E-state index contributed by atoms with van der Waals surface area (Å²) in [6.45, 7) is 11.7. The highest BCUT2D eigenvalue weighted by molar-refractivity contribution is 5.99. The van der Waals surface area contributed by atoms with Crippen LogP contribution in [-0.2, 0) is 24.5 Å². The Kier molecular flexibility index (Phi) is 8.00. The van der Waals surface area contributed by atoms with E-state index >= 15 is 0 Å². The fraction of sp³-hybridized carbons (Fsp3) is 0.571. The van der Waals surface area contributed by atoms with E-state index in [0.29, 0.717) is 5.56 Å². The van der Waals surface area contributed by atoms with Gasteiger partial charge in [-0.15, -0.1) is 0 Å². The summed E-state index contributed by atoms with van der Waals surface area (Å²) in [5.74, 6) is -3.00. The van der Waals surface area contributed by atoms with Gasteiger partial charge < -0.3 is 9.47 Å². The molecule has 0 bridgehead atoms. The molecule has 1 unspecified atom stereocenters. The van der Waals surface area contributed by atoms with Gasteiger partial charge in [-0.25, -0.2) is 0 Å². The predicted molar refractivity (Wildman–Crippen MR) is 100 cm³/mol. The van der Waals surface area contributed by atoms with Crippen LogP contribution in [0.2, 0.25) is 0 Å². The maximum absolute atomic E-state index is 12.6. The lowest BCUT2D eigenvalue weighted by Gasteiger charge is -2.21. The van der Waals surface area contributed by atoms with Gasteiger partial charge in [0.25, 0.3) is 0 Å². The van der Waals surface area contributed by atoms with Crippen molar-refractivity contribution in [2.75, 3.05) is 13.2 Å². The van der Waals surface area contributed by atoms with Crippen LogP contribution in [0.1, 0.15) is 63.9 Å². The molecule has 1 atom stereocenters. The van der Waals surface area contributed by atoms with E-state index in [0.717, 1.165) is 5.56 Å². The van der Waals surface area contributed by atoms with Crippen molar-refractivity contribution in [2.45, 2.75) is 53.4 Å². The standard InChI is InChI=1S/C21H30O5/c1-7-25-19(23)18(20(24)26-8-2)14(3)13-17(22)15-9-11-16(12-10-15)21(4,5)6/h9-12,14,18H,7-8,13H2,1-6H3. The summed E-state index contributed by atoms with van der Waals surface area (Å²) in [7, 11) is 0. The van der Waals surface area contributed by atoms with Crippen molar-refractivity contribution in [2.24, 2.45) is 11.8 Å². The Morgan fingerprint density at radius 3 is 1.77 bits per heavy atom. The second-order valence-electron chi connectivity index (χ2n) is 7.41. The third-order valence-electron chi connectivity index (χ3n) is 4.23. The molecule has 0 saturated heterocycles. The molecule has 0 amide bonds. The van der Waals surface area contributed by atoms with E-state index in [1.54, 1.807) is 32.9 Å². The van der Waals surface area contributed by atoms with Gasteiger partial charge in [0.05, 0.1) is 13.2 Å². The van der Waals surface area contributed by atoms with Crippen molar-refractivity contribution in [3.05, 3.63) is 35.4 Å². The minimum absolute atomic E-state index is 0.00772. The lowest BCUT2D eigenvalue weighted by molar-refractivity contribution is -0.164. The third-order valence-corrected chi connectivity index (χ3v) is 4.23. The van der Waals surface area contributed by atoms with E-state index in [1.807, 2.05) is 12.1 Å². The molecule has 0 radical (unpaired) electrons. The quantitative estimate of drug-likeness (QED) is 0.398. The topological polar surface area (TPSA) is 69.7 Å². The monoisotopic (exact) mass is 362 g/mol. The number of rotatable bonds is 8. The number of carbonyl (C=O) groups is 3. The number of hydrogen-bond acceptors (Lipinski definition) is 5. The van der Waals surface area contributed by atoms with Crippen LogP contribution in [0.4, 0.5) is 0 Å². The molecule has 26 heavy (non-hydrogen) atoms. The van der Waals surface area contributed by atoms with Crippen LogP contribution < -0.4 is 0 Å². The van der Waals surface area contributed by atoms with E-state index in [-0.39, 0.29) is 30.8 Å². The molecule has 1 aromatic carbocycles. The first-order valence-corrected chi connectivity index (χ1v) is 9.08. The number of Topliss-reactive ketones (excluding diaryl/α,β-unsaturated/α-hetero) is 1. The van der Waals surface area contributed by atoms with Crippen LogP contribution in [0.5, 0.6) is 0 Å². The summed E-state index contributed by atoms with van der Waals surface area (Å²) in [6.07, 6.45) is 0.0666. The van der Waals surface area contributed by atoms with Crippen LogP contribution in [-0.4, -0.2) is 30.9 Å². The predicted octanol–water partition coefficient (Wildman–Crippen LogP) is 3.94. The molecule has 1 rings (SSSR count). The SMILES string of the molecule is CCOC(=O)C(C(=O)OCC)C(C)CC(=O)c1ccc(C(C)(C)C)cc1. The van der Waals surface area contributed by atoms with Crippen molar-refractivity contribution in [1.29, 1.82) is 0 Å². The molecule has 0 aromatic heterocycles. The molecule has 1 aromatic rings. The minimum Gasteiger partial charge on any atom is -0.465 e. The van der Waals surface area contributed by atoms with Gasteiger partial charge in [-0.3, -0.25) is 14.4 Å². The highest BCUT2D eigenvalue weighted by Crippen LogP contribution is 2.25. The minimum atomic E-state index is -1.09. The number of ketones is 1. The summed E-state index contributed by atoms with van der Waals surface area (Å²) < 4.78 is 9.96. The third kappa shape index (κ3) is 5.97. The molecule has 0 fully saturated rings. The average molecular weight is 362 g/mol. The first kappa shape index (κ1) is 21.9. The summed E-state index contributed by atoms with van der Waals surface area (Å²) in [4.78, 5) is 36.9. The summed E-state index contributed by atoms with van der Waals surface area (Å²) in [5, 5.41) is 0. The molecular formula is C21H30O5. The molecular weight excluding hydrogens is 332 g/mol. The van der Waals surface area contributed by atoms with Gasteiger partial charge in [-0.05, 0) is 30.7 Å². The number of esters is 2. The average Bonchev–Trinajstić information content (AvgIpc) is 2.54. The summed E-state index contributed by atoms with van der Waals surface area (Å²) in [6, 6.07) is 7.46. The molecule has 144 valence electrons. The molecule has 5 heteroatoms. The zero-order chi connectivity index (χ0) is 19.9. The Morgan fingerprint density at radius 2 is 1.38 bits per heavy atom. The van der Waals surface area contributed by atoms with E-state index in [4.69, 9.17) is 9.47 Å². The molecule has 0 spiro atoms. The first-order valence-electron chi connectivity index (χ1n) is 9.08. The van der Waals surface area contributed by atoms with Gasteiger partial charge in [-0.2, -0.15) is 0 Å². The first-order chi connectivity index (χ1) is 12.1. The van der Waals surface area contributed by atoms with Gasteiger partial charge in [0.15, 0.2) is 11.7 Å². The smallest absolute Gasteiger partial charge is 0.320 e. The molecule has 0 saturated carbocycles. The largest absolute Gasteiger partial charge is 0.465 e. The molecule has 0 N–H and O–H groups in total. The molecule has 5 nitrogen and oxygen atoms in total. The molecule has 0 aliphatic rings. The van der Waals surface area contributed by atoms with Crippen LogP contribution in [0.3, 0.4) is 0 Å². The van der Waals surface area contributed by atoms with Crippen LogP contribution in [0.15, 0.2) is 24.3 Å². The number of carbonyl (C=O) groups excluding carboxylic acids is 3.